The second kappa shape index (κ2) is 7.34. The third-order valence-corrected chi connectivity index (χ3v) is 4.01. The molecule has 0 radical (unpaired) electrons. The topological polar surface area (TPSA) is 12.0 Å². The zero-order chi connectivity index (χ0) is 12.7. The molecular weight excluding hydrogens is 246 g/mol. The molecule has 1 aromatic carbocycles. The molecule has 1 nitrogen and oxygen atoms in total. The highest BCUT2D eigenvalue weighted by molar-refractivity contribution is 7.98. The van der Waals surface area contributed by atoms with Gasteiger partial charge < -0.3 is 5.32 Å². The Labute approximate surface area is 115 Å². The molecule has 0 saturated carbocycles. The molecule has 0 fully saturated rings. The normalized spacial score (nSPS) is 11.8. The summed E-state index contributed by atoms with van der Waals surface area (Å²) in [6.45, 7) is 6.64. The number of hydrogen-bond acceptors (Lipinski definition) is 3. The zero-order valence-electron chi connectivity index (χ0n) is 11.0. The molecule has 0 aromatic heterocycles. The van der Waals surface area contributed by atoms with Gasteiger partial charge in [0.2, 0.25) is 0 Å². The first-order valence-corrected chi connectivity index (χ1v) is 7.92. The van der Waals surface area contributed by atoms with Crippen molar-refractivity contribution in [1.82, 2.24) is 5.32 Å². The summed E-state index contributed by atoms with van der Waals surface area (Å²) in [5, 5.41) is 3.50. The van der Waals surface area contributed by atoms with Gasteiger partial charge in [0.25, 0.3) is 0 Å². The van der Waals surface area contributed by atoms with Crippen molar-refractivity contribution in [3.8, 4) is 0 Å². The molecule has 1 N–H and O–H groups in total. The van der Waals surface area contributed by atoms with Crippen LogP contribution in [0.1, 0.15) is 25.8 Å². The van der Waals surface area contributed by atoms with Gasteiger partial charge in [0.1, 0.15) is 0 Å². The lowest BCUT2D eigenvalue weighted by atomic mass is 9.84. The largest absolute Gasteiger partial charge is 0.316 e. The van der Waals surface area contributed by atoms with Gasteiger partial charge in [0.15, 0.2) is 0 Å². The molecule has 0 aliphatic carbocycles. The lowest BCUT2D eigenvalue weighted by molar-refractivity contribution is 0.470. The van der Waals surface area contributed by atoms with Gasteiger partial charge in [-0.1, -0.05) is 26.0 Å². The number of thiol groups is 1. The van der Waals surface area contributed by atoms with Gasteiger partial charge in [-0.3, -0.25) is 0 Å². The van der Waals surface area contributed by atoms with E-state index in [-0.39, 0.29) is 5.41 Å². The van der Waals surface area contributed by atoms with Gasteiger partial charge in [-0.05, 0) is 42.7 Å². The van der Waals surface area contributed by atoms with Crippen molar-refractivity contribution < 1.29 is 0 Å². The summed E-state index contributed by atoms with van der Waals surface area (Å²) in [7, 11) is 0. The van der Waals surface area contributed by atoms with E-state index in [0.717, 1.165) is 25.3 Å². The molecule has 0 bridgehead atoms. The number of rotatable bonds is 7. The molecule has 0 aliphatic rings. The standard InChI is InChI=1S/C14H23NS2/c1-14(2,11-15-9-4-10-16)12-5-7-13(17-3)8-6-12/h5-8,15-16H,4,9-11H2,1-3H3. The zero-order valence-corrected chi connectivity index (χ0v) is 12.7. The Morgan fingerprint density at radius 1 is 1.24 bits per heavy atom. The Bertz CT molecular complexity index is 319. The quantitative estimate of drug-likeness (QED) is 0.446. The van der Waals surface area contributed by atoms with Crippen LogP contribution in [0.2, 0.25) is 0 Å². The van der Waals surface area contributed by atoms with E-state index >= 15 is 0 Å². The fraction of sp³-hybridized carbons (Fsp3) is 0.571. The summed E-state index contributed by atoms with van der Waals surface area (Å²) < 4.78 is 0. The molecular formula is C14H23NS2. The van der Waals surface area contributed by atoms with Crippen molar-refractivity contribution in [2.45, 2.75) is 30.6 Å². The van der Waals surface area contributed by atoms with Gasteiger partial charge in [-0.2, -0.15) is 12.6 Å². The number of hydrogen-bond donors (Lipinski definition) is 2. The van der Waals surface area contributed by atoms with E-state index in [1.54, 1.807) is 11.8 Å². The molecule has 1 aromatic rings. The van der Waals surface area contributed by atoms with Crippen molar-refractivity contribution in [3.63, 3.8) is 0 Å². The van der Waals surface area contributed by atoms with Gasteiger partial charge >= 0.3 is 0 Å². The van der Waals surface area contributed by atoms with Crippen molar-refractivity contribution >= 4 is 24.4 Å². The lowest BCUT2D eigenvalue weighted by Crippen LogP contribution is -2.33. The highest BCUT2D eigenvalue weighted by Crippen LogP contribution is 2.24. The second-order valence-electron chi connectivity index (χ2n) is 4.87. The second-order valence-corrected chi connectivity index (χ2v) is 6.19. The van der Waals surface area contributed by atoms with Crippen molar-refractivity contribution in [2.24, 2.45) is 0 Å². The minimum Gasteiger partial charge on any atom is -0.316 e. The van der Waals surface area contributed by atoms with Crippen LogP contribution >= 0.6 is 24.4 Å². The molecule has 96 valence electrons. The Morgan fingerprint density at radius 3 is 2.41 bits per heavy atom. The summed E-state index contributed by atoms with van der Waals surface area (Å²) in [5.74, 6) is 0.954. The Morgan fingerprint density at radius 2 is 1.88 bits per heavy atom. The average molecular weight is 269 g/mol. The predicted molar refractivity (Wildman–Crippen MR) is 82.6 cm³/mol. The number of thioether (sulfide) groups is 1. The molecule has 0 amide bonds. The fourth-order valence-electron chi connectivity index (χ4n) is 1.75. The average Bonchev–Trinajstić information content (AvgIpc) is 2.35. The summed E-state index contributed by atoms with van der Waals surface area (Å²) in [5.41, 5.74) is 1.58. The smallest absolute Gasteiger partial charge is 0.00693 e. The van der Waals surface area contributed by atoms with E-state index in [0.29, 0.717) is 0 Å². The number of nitrogens with one attached hydrogen (secondary N) is 1. The molecule has 1 rings (SSSR count). The Hall–Kier alpha value is -0.120. The van der Waals surface area contributed by atoms with Crippen molar-refractivity contribution in [3.05, 3.63) is 29.8 Å². The fourth-order valence-corrected chi connectivity index (χ4v) is 2.32. The van der Waals surface area contributed by atoms with Crippen LogP contribution in [-0.2, 0) is 5.41 Å². The van der Waals surface area contributed by atoms with E-state index in [4.69, 9.17) is 0 Å². The molecule has 0 saturated heterocycles. The molecule has 0 atom stereocenters. The maximum atomic E-state index is 4.22. The summed E-state index contributed by atoms with van der Waals surface area (Å²) in [6.07, 6.45) is 3.24. The van der Waals surface area contributed by atoms with Gasteiger partial charge in [0, 0.05) is 16.9 Å². The predicted octanol–water partition coefficient (Wildman–Crippen LogP) is 3.60. The summed E-state index contributed by atoms with van der Waals surface area (Å²) in [6, 6.07) is 8.89. The number of benzene rings is 1. The molecule has 0 unspecified atom stereocenters. The molecule has 0 spiro atoms. The first-order chi connectivity index (χ1) is 8.10. The third-order valence-electron chi connectivity index (χ3n) is 2.95. The van der Waals surface area contributed by atoms with E-state index < -0.39 is 0 Å². The monoisotopic (exact) mass is 269 g/mol. The minimum atomic E-state index is 0.188. The van der Waals surface area contributed by atoms with Crippen LogP contribution in [0, 0.1) is 0 Å². The van der Waals surface area contributed by atoms with E-state index in [1.807, 2.05) is 0 Å². The molecule has 0 aliphatic heterocycles. The highest BCUT2D eigenvalue weighted by atomic mass is 32.2. The van der Waals surface area contributed by atoms with Crippen LogP contribution in [0.3, 0.4) is 0 Å². The van der Waals surface area contributed by atoms with Crippen LogP contribution in [0.4, 0.5) is 0 Å². The van der Waals surface area contributed by atoms with E-state index in [9.17, 15) is 0 Å². The molecule has 0 heterocycles. The van der Waals surface area contributed by atoms with Crippen LogP contribution in [0.25, 0.3) is 0 Å². The van der Waals surface area contributed by atoms with Crippen LogP contribution in [0.15, 0.2) is 29.2 Å². The summed E-state index contributed by atoms with van der Waals surface area (Å²) >= 11 is 6.00. The van der Waals surface area contributed by atoms with Crippen LogP contribution in [0.5, 0.6) is 0 Å². The summed E-state index contributed by atoms with van der Waals surface area (Å²) in [4.78, 5) is 1.33. The Kier molecular flexibility index (Phi) is 6.45. The third kappa shape index (κ3) is 4.94. The van der Waals surface area contributed by atoms with E-state index in [2.05, 4.69) is 62.3 Å². The SMILES string of the molecule is CSc1ccc(C(C)(C)CNCCCS)cc1. The van der Waals surface area contributed by atoms with Gasteiger partial charge in [-0.15, -0.1) is 11.8 Å². The minimum absolute atomic E-state index is 0.188. The maximum absolute atomic E-state index is 4.22. The molecule has 3 heteroatoms. The Balaban J connectivity index is 2.55. The van der Waals surface area contributed by atoms with Crippen LogP contribution < -0.4 is 5.32 Å². The highest BCUT2D eigenvalue weighted by Gasteiger charge is 2.19. The van der Waals surface area contributed by atoms with Crippen molar-refractivity contribution in [1.29, 1.82) is 0 Å². The first-order valence-electron chi connectivity index (χ1n) is 6.06. The van der Waals surface area contributed by atoms with Crippen LogP contribution in [-0.4, -0.2) is 25.1 Å². The van der Waals surface area contributed by atoms with Gasteiger partial charge in [-0.25, -0.2) is 0 Å². The van der Waals surface area contributed by atoms with Gasteiger partial charge in [0.05, 0.1) is 0 Å². The van der Waals surface area contributed by atoms with E-state index in [1.165, 1.54) is 10.5 Å². The lowest BCUT2D eigenvalue weighted by Gasteiger charge is -2.26. The maximum Gasteiger partial charge on any atom is 0.00693 e. The first kappa shape index (κ1) is 14.9. The molecule has 17 heavy (non-hydrogen) atoms. The van der Waals surface area contributed by atoms with Crippen molar-refractivity contribution in [2.75, 3.05) is 25.1 Å².